The van der Waals surface area contributed by atoms with Gasteiger partial charge in [-0.2, -0.15) is 5.26 Å². The van der Waals surface area contributed by atoms with Crippen LogP contribution in [0.3, 0.4) is 0 Å². The zero-order valence-electron chi connectivity index (χ0n) is 12.9. The van der Waals surface area contributed by atoms with Crippen molar-refractivity contribution in [2.45, 2.75) is 0 Å². The van der Waals surface area contributed by atoms with Crippen molar-refractivity contribution in [1.82, 2.24) is 9.97 Å². The highest BCUT2D eigenvalue weighted by molar-refractivity contribution is 6.33. The second kappa shape index (κ2) is 5.93. The topological polar surface area (TPSA) is 81.6 Å². The highest BCUT2D eigenvalue weighted by atomic mass is 35.5. The number of fused-ring (bicyclic) bond motifs is 3. The van der Waals surface area contributed by atoms with Gasteiger partial charge >= 0.3 is 0 Å². The van der Waals surface area contributed by atoms with Crippen LogP contribution in [0.5, 0.6) is 0 Å². The molecule has 4 rings (SSSR count). The quantitative estimate of drug-likeness (QED) is 0.561. The number of carbonyl (C=O) groups is 1. The van der Waals surface area contributed by atoms with Gasteiger partial charge in [0.1, 0.15) is 0 Å². The maximum atomic E-state index is 12.5. The summed E-state index contributed by atoms with van der Waals surface area (Å²) in [4.78, 5) is 19.9. The summed E-state index contributed by atoms with van der Waals surface area (Å²) in [6, 6.07) is 13.9. The molecule has 0 aliphatic heterocycles. The van der Waals surface area contributed by atoms with Crippen molar-refractivity contribution in [3.05, 3.63) is 71.0 Å². The average molecular weight is 347 g/mol. The Morgan fingerprint density at radius 2 is 1.96 bits per heavy atom. The zero-order chi connectivity index (χ0) is 17.4. The number of aromatic nitrogens is 2. The van der Waals surface area contributed by atoms with E-state index in [1.165, 1.54) is 0 Å². The maximum Gasteiger partial charge on any atom is 0.255 e. The molecule has 2 aromatic carbocycles. The molecule has 0 fully saturated rings. The van der Waals surface area contributed by atoms with Gasteiger partial charge in [0.2, 0.25) is 0 Å². The lowest BCUT2D eigenvalue weighted by atomic mass is 10.1. The standard InChI is InChI=1S/C19H11ClN4O/c20-13-7-15-14-5-6-22-10-17(14)23-18(15)16(8-13)24-19(25)12-3-1-11(9-21)2-4-12/h1-8,10,23H,(H,24,25). The van der Waals surface area contributed by atoms with E-state index in [4.69, 9.17) is 16.9 Å². The number of anilines is 1. The molecule has 2 aromatic heterocycles. The van der Waals surface area contributed by atoms with Gasteiger partial charge in [-0.3, -0.25) is 9.78 Å². The number of nitrogens with zero attached hydrogens (tertiary/aromatic N) is 2. The predicted octanol–water partition coefficient (Wildman–Crippen LogP) is 4.49. The third-order valence-electron chi connectivity index (χ3n) is 4.00. The molecule has 0 saturated carbocycles. The average Bonchev–Trinajstić information content (AvgIpc) is 3.00. The van der Waals surface area contributed by atoms with Gasteiger partial charge in [0.05, 0.1) is 34.6 Å². The molecule has 0 radical (unpaired) electrons. The molecule has 0 saturated heterocycles. The van der Waals surface area contributed by atoms with Gasteiger partial charge in [-0.25, -0.2) is 0 Å². The number of rotatable bonds is 2. The zero-order valence-corrected chi connectivity index (χ0v) is 13.6. The summed E-state index contributed by atoms with van der Waals surface area (Å²) < 4.78 is 0. The Hall–Kier alpha value is -3.36. The fourth-order valence-electron chi connectivity index (χ4n) is 2.81. The van der Waals surface area contributed by atoms with Crippen molar-refractivity contribution in [2.24, 2.45) is 0 Å². The third-order valence-corrected chi connectivity index (χ3v) is 4.22. The van der Waals surface area contributed by atoms with E-state index < -0.39 is 0 Å². The van der Waals surface area contributed by atoms with Crippen LogP contribution in [-0.2, 0) is 0 Å². The van der Waals surface area contributed by atoms with Crippen molar-refractivity contribution in [3.8, 4) is 6.07 Å². The molecule has 120 valence electrons. The molecule has 0 unspecified atom stereocenters. The van der Waals surface area contributed by atoms with E-state index in [1.54, 1.807) is 42.7 Å². The minimum atomic E-state index is -0.273. The van der Waals surface area contributed by atoms with Crippen LogP contribution in [0.1, 0.15) is 15.9 Å². The third kappa shape index (κ3) is 2.69. The molecule has 0 spiro atoms. The number of hydrogen-bond donors (Lipinski definition) is 2. The van der Waals surface area contributed by atoms with Gasteiger partial charge < -0.3 is 10.3 Å². The summed E-state index contributed by atoms with van der Waals surface area (Å²) >= 11 is 6.23. The number of nitriles is 1. The van der Waals surface area contributed by atoms with Crippen molar-refractivity contribution < 1.29 is 4.79 Å². The first-order valence-electron chi connectivity index (χ1n) is 7.52. The minimum Gasteiger partial charge on any atom is -0.352 e. The fourth-order valence-corrected chi connectivity index (χ4v) is 3.02. The first-order valence-corrected chi connectivity index (χ1v) is 7.90. The second-order valence-electron chi connectivity index (χ2n) is 5.57. The lowest BCUT2D eigenvalue weighted by Gasteiger charge is -2.08. The van der Waals surface area contributed by atoms with Gasteiger partial charge in [0.25, 0.3) is 5.91 Å². The summed E-state index contributed by atoms with van der Waals surface area (Å²) in [5.74, 6) is -0.273. The minimum absolute atomic E-state index is 0.273. The molecular formula is C19H11ClN4O. The second-order valence-corrected chi connectivity index (χ2v) is 6.00. The molecule has 25 heavy (non-hydrogen) atoms. The van der Waals surface area contributed by atoms with Crippen LogP contribution in [0, 0.1) is 11.3 Å². The van der Waals surface area contributed by atoms with Gasteiger partial charge in [-0.15, -0.1) is 0 Å². The van der Waals surface area contributed by atoms with E-state index in [2.05, 4.69) is 15.3 Å². The summed E-state index contributed by atoms with van der Waals surface area (Å²) in [6.07, 6.45) is 3.45. The Labute approximate surface area is 147 Å². The first kappa shape index (κ1) is 15.2. The number of H-pyrrole nitrogens is 1. The van der Waals surface area contributed by atoms with Gasteiger partial charge in [0, 0.05) is 27.6 Å². The van der Waals surface area contributed by atoms with Crippen LogP contribution in [-0.4, -0.2) is 15.9 Å². The maximum absolute atomic E-state index is 12.5. The normalized spacial score (nSPS) is 10.7. The Balaban J connectivity index is 1.78. The van der Waals surface area contributed by atoms with Crippen LogP contribution >= 0.6 is 11.6 Å². The van der Waals surface area contributed by atoms with Gasteiger partial charge in [0.15, 0.2) is 0 Å². The number of amides is 1. The molecule has 0 aliphatic rings. The molecule has 0 atom stereocenters. The molecule has 2 N–H and O–H groups in total. The monoisotopic (exact) mass is 346 g/mol. The number of benzene rings is 2. The molecule has 5 nitrogen and oxygen atoms in total. The van der Waals surface area contributed by atoms with Crippen LogP contribution in [0.2, 0.25) is 5.02 Å². The summed E-state index contributed by atoms with van der Waals surface area (Å²) in [5, 5.41) is 14.2. The largest absolute Gasteiger partial charge is 0.352 e. The van der Waals surface area contributed by atoms with Crippen molar-refractivity contribution in [2.75, 3.05) is 5.32 Å². The van der Waals surface area contributed by atoms with E-state index in [-0.39, 0.29) is 5.91 Å². The first-order chi connectivity index (χ1) is 12.2. The molecule has 2 heterocycles. The molecule has 0 aliphatic carbocycles. The summed E-state index contributed by atoms with van der Waals surface area (Å²) in [6.45, 7) is 0. The number of pyridine rings is 1. The molecule has 6 heteroatoms. The molecule has 4 aromatic rings. The summed E-state index contributed by atoms with van der Waals surface area (Å²) in [7, 11) is 0. The lowest BCUT2D eigenvalue weighted by Crippen LogP contribution is -2.12. The summed E-state index contributed by atoms with van der Waals surface area (Å²) in [5.41, 5.74) is 3.21. The molecular weight excluding hydrogens is 336 g/mol. The fraction of sp³-hybridized carbons (Fsp3) is 0. The highest BCUT2D eigenvalue weighted by Gasteiger charge is 2.13. The Bertz CT molecular complexity index is 1160. The number of halogens is 1. The smallest absolute Gasteiger partial charge is 0.255 e. The number of aromatic amines is 1. The van der Waals surface area contributed by atoms with Gasteiger partial charge in [-0.05, 0) is 42.5 Å². The highest BCUT2D eigenvalue weighted by Crippen LogP contribution is 2.33. The van der Waals surface area contributed by atoms with Crippen molar-refractivity contribution in [3.63, 3.8) is 0 Å². The van der Waals surface area contributed by atoms with Crippen LogP contribution < -0.4 is 5.32 Å². The Kier molecular flexibility index (Phi) is 3.60. The van der Waals surface area contributed by atoms with Crippen LogP contribution in [0.15, 0.2) is 54.9 Å². The van der Waals surface area contributed by atoms with E-state index in [9.17, 15) is 4.79 Å². The van der Waals surface area contributed by atoms with Gasteiger partial charge in [-0.1, -0.05) is 11.6 Å². The van der Waals surface area contributed by atoms with E-state index in [0.717, 1.165) is 21.8 Å². The van der Waals surface area contributed by atoms with Crippen LogP contribution in [0.4, 0.5) is 5.69 Å². The number of nitrogens with one attached hydrogen (secondary N) is 2. The van der Waals surface area contributed by atoms with E-state index in [1.807, 2.05) is 18.2 Å². The van der Waals surface area contributed by atoms with E-state index >= 15 is 0 Å². The van der Waals surface area contributed by atoms with Crippen LogP contribution in [0.25, 0.3) is 21.8 Å². The lowest BCUT2D eigenvalue weighted by molar-refractivity contribution is 0.102. The molecule has 0 bridgehead atoms. The van der Waals surface area contributed by atoms with Crippen molar-refractivity contribution >= 4 is 45.0 Å². The Morgan fingerprint density at radius 3 is 2.72 bits per heavy atom. The number of hydrogen-bond acceptors (Lipinski definition) is 3. The predicted molar refractivity (Wildman–Crippen MR) is 97.7 cm³/mol. The molecule has 1 amide bonds. The van der Waals surface area contributed by atoms with Crippen molar-refractivity contribution in [1.29, 1.82) is 5.26 Å². The number of carbonyl (C=O) groups excluding carboxylic acids is 1. The Morgan fingerprint density at radius 1 is 1.16 bits per heavy atom. The van der Waals surface area contributed by atoms with E-state index in [0.29, 0.717) is 21.8 Å². The SMILES string of the molecule is N#Cc1ccc(C(=O)Nc2cc(Cl)cc3c2[nH]c2cnccc23)cc1.